The molecule has 9 heteroatoms. The van der Waals surface area contributed by atoms with Gasteiger partial charge in [-0.25, -0.2) is 8.42 Å². The summed E-state index contributed by atoms with van der Waals surface area (Å²) in [6.07, 6.45) is -2.11. The Hall–Kier alpha value is -0.830. The molecule has 1 unspecified atom stereocenters. The number of hydrogen-bond donors (Lipinski definition) is 1. The molecule has 3 rings (SSSR count). The van der Waals surface area contributed by atoms with E-state index in [2.05, 4.69) is 5.32 Å². The molecule has 136 valence electrons. The summed E-state index contributed by atoms with van der Waals surface area (Å²) >= 11 is 0. The first-order chi connectivity index (χ1) is 10.7. The van der Waals surface area contributed by atoms with Gasteiger partial charge < -0.3 is 5.32 Å². The Kier molecular flexibility index (Phi) is 5.54. The van der Waals surface area contributed by atoms with Gasteiger partial charge in [0.25, 0.3) is 0 Å². The molecule has 1 aromatic carbocycles. The third-order valence-corrected chi connectivity index (χ3v) is 6.52. The van der Waals surface area contributed by atoms with Crippen molar-refractivity contribution in [2.75, 3.05) is 13.1 Å². The lowest BCUT2D eigenvalue weighted by atomic mass is 10.1. The predicted molar refractivity (Wildman–Crippen MR) is 86.8 cm³/mol. The lowest BCUT2D eigenvalue weighted by Gasteiger charge is -2.28. The summed E-state index contributed by atoms with van der Waals surface area (Å²) in [6.45, 7) is 2.77. The molecule has 1 saturated carbocycles. The highest BCUT2D eigenvalue weighted by Gasteiger charge is 2.44. The van der Waals surface area contributed by atoms with Crippen LogP contribution in [0.3, 0.4) is 0 Å². The van der Waals surface area contributed by atoms with E-state index >= 15 is 0 Å². The molecular weight excluding hydrogens is 365 g/mol. The number of nitrogens with one attached hydrogen (secondary N) is 1. The Labute approximate surface area is 145 Å². The van der Waals surface area contributed by atoms with Crippen LogP contribution in [0.4, 0.5) is 13.2 Å². The molecule has 0 bridgehead atoms. The predicted octanol–water partition coefficient (Wildman–Crippen LogP) is 2.95. The maximum absolute atomic E-state index is 13.0. The van der Waals surface area contributed by atoms with Gasteiger partial charge in [-0.2, -0.15) is 17.5 Å². The van der Waals surface area contributed by atoms with Gasteiger partial charge in [0.15, 0.2) is 0 Å². The summed E-state index contributed by atoms with van der Waals surface area (Å²) in [4.78, 5) is -0.0238. The van der Waals surface area contributed by atoms with Gasteiger partial charge in [0.05, 0.1) is 10.5 Å². The largest absolute Gasteiger partial charge is 0.416 e. The summed E-state index contributed by atoms with van der Waals surface area (Å²) in [7, 11) is -3.79. The van der Waals surface area contributed by atoms with E-state index in [1.54, 1.807) is 0 Å². The molecule has 24 heavy (non-hydrogen) atoms. The van der Waals surface area contributed by atoms with Crippen molar-refractivity contribution in [2.45, 2.75) is 49.3 Å². The maximum atomic E-state index is 13.0. The lowest BCUT2D eigenvalue weighted by Crippen LogP contribution is -2.43. The Bertz CT molecular complexity index is 699. The average Bonchev–Trinajstić information content (AvgIpc) is 3.11. The van der Waals surface area contributed by atoms with Gasteiger partial charge in [0, 0.05) is 18.6 Å². The second-order valence-corrected chi connectivity index (χ2v) is 8.00. The Balaban J connectivity index is 0.00000208. The first kappa shape index (κ1) is 19.5. The van der Waals surface area contributed by atoms with E-state index in [4.69, 9.17) is 0 Å². The van der Waals surface area contributed by atoms with Crippen LogP contribution in [0.1, 0.15) is 30.4 Å². The fourth-order valence-corrected chi connectivity index (χ4v) is 5.21. The lowest BCUT2D eigenvalue weighted by molar-refractivity contribution is -0.137. The zero-order chi connectivity index (χ0) is 16.8. The first-order valence-corrected chi connectivity index (χ1v) is 9.07. The Morgan fingerprint density at radius 3 is 2.29 bits per heavy atom. The Morgan fingerprint density at radius 2 is 1.83 bits per heavy atom. The van der Waals surface area contributed by atoms with Crippen LogP contribution in [-0.2, 0) is 16.2 Å². The summed E-state index contributed by atoms with van der Waals surface area (Å²) < 4.78 is 65.8. The zero-order valence-corrected chi connectivity index (χ0v) is 14.8. The molecule has 0 amide bonds. The molecule has 1 saturated heterocycles. The van der Waals surface area contributed by atoms with Crippen molar-refractivity contribution in [3.8, 4) is 0 Å². The van der Waals surface area contributed by atoms with Gasteiger partial charge in [-0.15, -0.1) is 12.4 Å². The molecule has 1 aliphatic carbocycles. The van der Waals surface area contributed by atoms with E-state index in [1.165, 1.54) is 11.2 Å². The van der Waals surface area contributed by atoms with Crippen LogP contribution in [0.15, 0.2) is 23.1 Å². The minimum absolute atomic E-state index is 0. The fourth-order valence-electron chi connectivity index (χ4n) is 3.11. The summed E-state index contributed by atoms with van der Waals surface area (Å²) in [6, 6.07) is 2.70. The Morgan fingerprint density at radius 1 is 1.17 bits per heavy atom. The summed E-state index contributed by atoms with van der Waals surface area (Å²) in [5, 5.41) is 3.15. The van der Waals surface area contributed by atoms with Crippen LogP contribution in [0.5, 0.6) is 0 Å². The maximum Gasteiger partial charge on any atom is 0.416 e. The molecule has 0 radical (unpaired) electrons. The van der Waals surface area contributed by atoms with Crippen LogP contribution >= 0.6 is 12.4 Å². The van der Waals surface area contributed by atoms with E-state index in [9.17, 15) is 21.6 Å². The van der Waals surface area contributed by atoms with Crippen molar-refractivity contribution >= 4 is 22.4 Å². The van der Waals surface area contributed by atoms with Gasteiger partial charge in [-0.05, 0) is 56.5 Å². The molecule has 1 atom stereocenters. The minimum Gasteiger partial charge on any atom is -0.315 e. The van der Waals surface area contributed by atoms with Crippen LogP contribution in [0, 0.1) is 6.92 Å². The normalized spacial score (nSPS) is 21.8. The molecule has 2 fully saturated rings. The third-order valence-electron chi connectivity index (χ3n) is 4.36. The number of rotatable bonds is 4. The molecule has 0 spiro atoms. The molecule has 0 aromatic heterocycles. The van der Waals surface area contributed by atoms with Crippen LogP contribution in [0.25, 0.3) is 0 Å². The number of hydrogen-bond acceptors (Lipinski definition) is 3. The topological polar surface area (TPSA) is 49.4 Å². The van der Waals surface area contributed by atoms with Crippen molar-refractivity contribution in [3.05, 3.63) is 29.3 Å². The van der Waals surface area contributed by atoms with Gasteiger partial charge in [-0.3, -0.25) is 0 Å². The molecule has 1 heterocycles. The van der Waals surface area contributed by atoms with E-state index < -0.39 is 21.8 Å². The number of halogens is 4. The molecule has 1 aromatic rings. The highest BCUT2D eigenvalue weighted by molar-refractivity contribution is 7.89. The van der Waals surface area contributed by atoms with Crippen molar-refractivity contribution in [1.82, 2.24) is 9.62 Å². The van der Waals surface area contributed by atoms with Crippen LogP contribution in [0.2, 0.25) is 0 Å². The van der Waals surface area contributed by atoms with Gasteiger partial charge in [0.2, 0.25) is 10.0 Å². The molecule has 1 aliphatic heterocycles. The van der Waals surface area contributed by atoms with E-state index in [1.807, 2.05) is 0 Å². The molecule has 1 N–H and O–H groups in total. The number of nitrogens with zero attached hydrogens (tertiary/aromatic N) is 1. The standard InChI is InChI=1S/C15H19F3N2O2S.ClH/c1-10-8-11(15(16,17)18)2-5-14(10)23(21,22)20(12-3-4-12)13-6-7-19-9-13;/h2,5,8,12-13,19H,3-4,6-7,9H2,1H3;1H. The van der Waals surface area contributed by atoms with Crippen molar-refractivity contribution < 1.29 is 21.6 Å². The van der Waals surface area contributed by atoms with E-state index in [-0.39, 0.29) is 34.9 Å². The van der Waals surface area contributed by atoms with Gasteiger partial charge in [0.1, 0.15) is 0 Å². The minimum atomic E-state index is -4.47. The van der Waals surface area contributed by atoms with E-state index in [0.717, 1.165) is 44.0 Å². The smallest absolute Gasteiger partial charge is 0.315 e. The highest BCUT2D eigenvalue weighted by Crippen LogP contribution is 2.37. The molecular formula is C15H20ClF3N2O2S. The van der Waals surface area contributed by atoms with Gasteiger partial charge in [-0.1, -0.05) is 0 Å². The zero-order valence-electron chi connectivity index (χ0n) is 13.1. The quantitative estimate of drug-likeness (QED) is 0.868. The number of benzene rings is 1. The van der Waals surface area contributed by atoms with Crippen molar-refractivity contribution in [2.24, 2.45) is 0 Å². The second kappa shape index (κ2) is 6.82. The van der Waals surface area contributed by atoms with Crippen molar-refractivity contribution in [1.29, 1.82) is 0 Å². The second-order valence-electron chi connectivity index (χ2n) is 6.19. The number of sulfonamides is 1. The molecule has 2 aliphatic rings. The van der Waals surface area contributed by atoms with Crippen LogP contribution in [-0.4, -0.2) is 37.9 Å². The van der Waals surface area contributed by atoms with Crippen molar-refractivity contribution in [3.63, 3.8) is 0 Å². The highest BCUT2D eigenvalue weighted by atomic mass is 35.5. The summed E-state index contributed by atoms with van der Waals surface area (Å²) in [5.74, 6) is 0. The summed E-state index contributed by atoms with van der Waals surface area (Å²) in [5.41, 5.74) is -0.689. The SMILES string of the molecule is Cc1cc(C(F)(F)F)ccc1S(=O)(=O)N(C1CC1)C1CCNC1.Cl. The third kappa shape index (κ3) is 3.71. The fraction of sp³-hybridized carbons (Fsp3) is 0.600. The average molecular weight is 385 g/mol. The number of aryl methyl sites for hydroxylation is 1. The molecule has 4 nitrogen and oxygen atoms in total. The first-order valence-electron chi connectivity index (χ1n) is 7.63. The van der Waals surface area contributed by atoms with Crippen LogP contribution < -0.4 is 5.32 Å². The monoisotopic (exact) mass is 384 g/mol. The van der Waals surface area contributed by atoms with E-state index in [0.29, 0.717) is 6.54 Å². The van der Waals surface area contributed by atoms with Gasteiger partial charge >= 0.3 is 6.18 Å². The number of alkyl halides is 3.